The van der Waals surface area contributed by atoms with Crippen LogP contribution in [-0.2, 0) is 11.3 Å². The molecule has 2 aliphatic heterocycles. The van der Waals surface area contributed by atoms with Crippen LogP contribution < -0.4 is 0 Å². The summed E-state index contributed by atoms with van der Waals surface area (Å²) in [6, 6.07) is 21.1. The molecule has 0 aromatic heterocycles. The van der Waals surface area contributed by atoms with Gasteiger partial charge in [0.25, 0.3) is 0 Å². The molecular formula is C21H24N2O. The average Bonchev–Trinajstić information content (AvgIpc) is 2.64. The van der Waals surface area contributed by atoms with Crippen molar-refractivity contribution in [3.63, 3.8) is 0 Å². The standard InChI is InChI=1S/C21H24N2O/c1-22-14-12-21(13-15-22)19(18-10-6-3-7-11-18)23(20(21)24)16-17-8-4-2-5-9-17/h2-11,19H,12-16H2,1H3. The van der Waals surface area contributed by atoms with Crippen LogP contribution in [0.1, 0.15) is 30.0 Å². The van der Waals surface area contributed by atoms with Crippen LogP contribution in [0.25, 0.3) is 0 Å². The lowest BCUT2D eigenvalue weighted by molar-refractivity contribution is -0.181. The normalized spacial score (nSPS) is 23.3. The Labute approximate surface area is 143 Å². The first kappa shape index (κ1) is 15.4. The molecule has 0 saturated carbocycles. The van der Waals surface area contributed by atoms with Crippen molar-refractivity contribution in [3.8, 4) is 0 Å². The van der Waals surface area contributed by atoms with Gasteiger partial charge in [0, 0.05) is 6.54 Å². The van der Waals surface area contributed by atoms with E-state index in [0.717, 1.165) is 25.9 Å². The molecule has 0 radical (unpaired) electrons. The van der Waals surface area contributed by atoms with Gasteiger partial charge < -0.3 is 9.80 Å². The number of β-lactam (4-membered cyclic amide) rings is 1. The van der Waals surface area contributed by atoms with Crippen molar-refractivity contribution < 1.29 is 4.79 Å². The minimum atomic E-state index is -0.192. The second-order valence-electron chi connectivity index (χ2n) is 7.19. The molecule has 4 rings (SSSR count). The minimum Gasteiger partial charge on any atom is -0.330 e. The minimum absolute atomic E-state index is 0.192. The molecule has 124 valence electrons. The topological polar surface area (TPSA) is 23.6 Å². The molecule has 1 spiro atoms. The number of rotatable bonds is 3. The van der Waals surface area contributed by atoms with Crippen molar-refractivity contribution in [2.24, 2.45) is 5.41 Å². The molecule has 0 aliphatic carbocycles. The quantitative estimate of drug-likeness (QED) is 0.808. The van der Waals surface area contributed by atoms with Gasteiger partial charge in [0.15, 0.2) is 0 Å². The third-order valence-corrected chi connectivity index (χ3v) is 5.71. The Morgan fingerprint density at radius 2 is 1.54 bits per heavy atom. The summed E-state index contributed by atoms with van der Waals surface area (Å²) in [5.74, 6) is 0.341. The van der Waals surface area contributed by atoms with Crippen molar-refractivity contribution in [2.45, 2.75) is 25.4 Å². The van der Waals surface area contributed by atoms with E-state index in [4.69, 9.17) is 0 Å². The molecule has 24 heavy (non-hydrogen) atoms. The summed E-state index contributed by atoms with van der Waals surface area (Å²) in [6.45, 7) is 2.72. The molecule has 2 fully saturated rings. The first-order chi connectivity index (χ1) is 11.7. The first-order valence-corrected chi connectivity index (χ1v) is 8.79. The van der Waals surface area contributed by atoms with Crippen molar-refractivity contribution in [3.05, 3.63) is 71.8 Å². The SMILES string of the molecule is CN1CCC2(CC1)C(=O)N(Cc1ccccc1)C2c1ccccc1. The van der Waals surface area contributed by atoms with Crippen molar-refractivity contribution in [1.82, 2.24) is 9.80 Å². The van der Waals surface area contributed by atoms with Crippen LogP contribution in [-0.4, -0.2) is 35.8 Å². The molecule has 2 saturated heterocycles. The Morgan fingerprint density at radius 3 is 2.17 bits per heavy atom. The Balaban J connectivity index is 1.65. The number of piperidine rings is 1. The number of hydrogen-bond acceptors (Lipinski definition) is 2. The van der Waals surface area contributed by atoms with E-state index in [1.807, 2.05) is 24.3 Å². The Kier molecular flexibility index (Phi) is 3.89. The van der Waals surface area contributed by atoms with Gasteiger partial charge in [-0.2, -0.15) is 0 Å². The van der Waals surface area contributed by atoms with Crippen LogP contribution in [0.3, 0.4) is 0 Å². The summed E-state index contributed by atoms with van der Waals surface area (Å²) >= 11 is 0. The zero-order valence-corrected chi connectivity index (χ0v) is 14.2. The number of amides is 1. The predicted molar refractivity (Wildman–Crippen MR) is 95.3 cm³/mol. The molecule has 3 heteroatoms. The lowest BCUT2D eigenvalue weighted by Crippen LogP contribution is -2.65. The van der Waals surface area contributed by atoms with Gasteiger partial charge in [-0.05, 0) is 44.1 Å². The summed E-state index contributed by atoms with van der Waals surface area (Å²) in [4.78, 5) is 17.6. The van der Waals surface area contributed by atoms with Crippen LogP contribution in [0.4, 0.5) is 0 Å². The summed E-state index contributed by atoms with van der Waals surface area (Å²) in [5, 5.41) is 0. The van der Waals surface area contributed by atoms with E-state index in [-0.39, 0.29) is 11.5 Å². The fourth-order valence-electron chi connectivity index (χ4n) is 4.33. The number of likely N-dealkylation sites (tertiary alicyclic amines) is 2. The van der Waals surface area contributed by atoms with Gasteiger partial charge in [-0.25, -0.2) is 0 Å². The highest BCUT2D eigenvalue weighted by Gasteiger charge is 2.60. The third-order valence-electron chi connectivity index (χ3n) is 5.71. The van der Waals surface area contributed by atoms with E-state index in [1.54, 1.807) is 0 Å². The highest BCUT2D eigenvalue weighted by Crippen LogP contribution is 2.56. The average molecular weight is 320 g/mol. The maximum atomic E-state index is 13.1. The van der Waals surface area contributed by atoms with E-state index < -0.39 is 0 Å². The largest absolute Gasteiger partial charge is 0.330 e. The molecule has 3 nitrogen and oxygen atoms in total. The molecule has 1 atom stereocenters. The second-order valence-corrected chi connectivity index (χ2v) is 7.19. The predicted octanol–water partition coefficient (Wildman–Crippen LogP) is 3.48. The van der Waals surface area contributed by atoms with Crippen molar-refractivity contribution in [1.29, 1.82) is 0 Å². The van der Waals surface area contributed by atoms with E-state index in [0.29, 0.717) is 12.5 Å². The van der Waals surface area contributed by atoms with Gasteiger partial charge in [0.05, 0.1) is 11.5 Å². The van der Waals surface area contributed by atoms with E-state index in [1.165, 1.54) is 11.1 Å². The molecule has 0 bridgehead atoms. The zero-order valence-electron chi connectivity index (χ0n) is 14.2. The van der Waals surface area contributed by atoms with E-state index >= 15 is 0 Å². The molecule has 2 aromatic carbocycles. The van der Waals surface area contributed by atoms with Crippen molar-refractivity contribution in [2.75, 3.05) is 20.1 Å². The zero-order chi connectivity index (χ0) is 16.6. The number of benzene rings is 2. The highest BCUT2D eigenvalue weighted by atomic mass is 16.2. The van der Waals surface area contributed by atoms with Gasteiger partial charge in [0.1, 0.15) is 0 Å². The Hall–Kier alpha value is -2.13. The van der Waals surface area contributed by atoms with Gasteiger partial charge >= 0.3 is 0 Å². The maximum Gasteiger partial charge on any atom is 0.232 e. The fourth-order valence-corrected chi connectivity index (χ4v) is 4.33. The summed E-state index contributed by atoms with van der Waals surface area (Å²) in [7, 11) is 2.15. The molecular weight excluding hydrogens is 296 g/mol. The summed E-state index contributed by atoms with van der Waals surface area (Å²) < 4.78 is 0. The van der Waals surface area contributed by atoms with Crippen molar-refractivity contribution >= 4 is 5.91 Å². The number of carbonyl (C=O) groups excluding carboxylic acids is 1. The van der Waals surface area contributed by atoms with Crippen LogP contribution in [0.15, 0.2) is 60.7 Å². The monoisotopic (exact) mass is 320 g/mol. The summed E-state index contributed by atoms with van der Waals surface area (Å²) in [6.07, 6.45) is 1.93. The lowest BCUT2D eigenvalue weighted by atomic mass is 9.62. The molecule has 1 amide bonds. The third kappa shape index (κ3) is 2.44. The van der Waals surface area contributed by atoms with Gasteiger partial charge in [-0.15, -0.1) is 0 Å². The molecule has 1 unspecified atom stereocenters. The second kappa shape index (κ2) is 6.06. The Morgan fingerprint density at radius 1 is 0.958 bits per heavy atom. The molecule has 2 aromatic rings. The molecule has 2 aliphatic rings. The van der Waals surface area contributed by atoms with Crippen LogP contribution in [0.5, 0.6) is 0 Å². The number of carbonyl (C=O) groups is 1. The summed E-state index contributed by atoms with van der Waals surface area (Å²) in [5.41, 5.74) is 2.29. The van der Waals surface area contributed by atoms with Gasteiger partial charge in [-0.3, -0.25) is 4.79 Å². The van der Waals surface area contributed by atoms with Gasteiger partial charge in [0.2, 0.25) is 5.91 Å². The Bertz CT molecular complexity index is 705. The van der Waals surface area contributed by atoms with Crippen LogP contribution in [0, 0.1) is 5.41 Å². The maximum absolute atomic E-state index is 13.1. The smallest absolute Gasteiger partial charge is 0.232 e. The van der Waals surface area contributed by atoms with E-state index in [9.17, 15) is 4.79 Å². The molecule has 2 heterocycles. The van der Waals surface area contributed by atoms with Gasteiger partial charge in [-0.1, -0.05) is 60.7 Å². The van der Waals surface area contributed by atoms with Crippen LogP contribution in [0.2, 0.25) is 0 Å². The fraction of sp³-hybridized carbons (Fsp3) is 0.381. The number of nitrogens with zero attached hydrogens (tertiary/aromatic N) is 2. The van der Waals surface area contributed by atoms with E-state index in [2.05, 4.69) is 53.2 Å². The molecule has 0 N–H and O–H groups in total. The highest BCUT2D eigenvalue weighted by molar-refractivity contribution is 5.91. The van der Waals surface area contributed by atoms with Crippen LogP contribution >= 0.6 is 0 Å². The first-order valence-electron chi connectivity index (χ1n) is 8.79. The lowest BCUT2D eigenvalue weighted by Gasteiger charge is -2.59. The number of hydrogen-bond donors (Lipinski definition) is 0.